The highest BCUT2D eigenvalue weighted by Crippen LogP contribution is 2.42. The zero-order valence-corrected chi connectivity index (χ0v) is 15.3. The Hall–Kier alpha value is -2.30. The quantitative estimate of drug-likeness (QED) is 0.212. The Balaban J connectivity index is 2.68. The smallest absolute Gasteiger partial charge is 0.435 e. The number of halogens is 5. The monoisotopic (exact) mass is 410 g/mol. The van der Waals surface area contributed by atoms with Gasteiger partial charge < -0.3 is 14.2 Å². The van der Waals surface area contributed by atoms with Crippen molar-refractivity contribution in [2.45, 2.75) is 39.0 Å². The van der Waals surface area contributed by atoms with E-state index >= 15 is 0 Å². The summed E-state index contributed by atoms with van der Waals surface area (Å²) in [5, 5.41) is 0. The number of carbonyl (C=O) groups excluding carboxylic acids is 1. The number of pyridine rings is 1. The van der Waals surface area contributed by atoms with Crippen molar-refractivity contribution in [1.29, 1.82) is 0 Å². The number of aliphatic imine (C=N–C) groups is 1. The molecule has 0 bridgehead atoms. The predicted molar refractivity (Wildman–Crippen MR) is 87.9 cm³/mol. The van der Waals surface area contributed by atoms with Crippen LogP contribution in [-0.4, -0.2) is 43.8 Å². The minimum absolute atomic E-state index is 0.0801. The molecule has 0 N–H and O–H groups in total. The zero-order chi connectivity index (χ0) is 21.1. The van der Waals surface area contributed by atoms with Crippen LogP contribution in [0.15, 0.2) is 4.99 Å². The standard InChI is InChI=1S/C17H19F5N2O4/c1-8(2)4-10-11(16(25)26-3)13(15(18)19)24-14(17(20,21)22)12(10)23-7-27-5-9-6-28-9/h7-9,15H,4-6H2,1-3H3/b23-7+. The van der Waals surface area contributed by atoms with Gasteiger partial charge in [0.1, 0.15) is 24.1 Å². The average molecular weight is 410 g/mol. The van der Waals surface area contributed by atoms with E-state index in [0.717, 1.165) is 13.5 Å². The Morgan fingerprint density at radius 1 is 1.39 bits per heavy atom. The predicted octanol–water partition coefficient (Wildman–Crippen LogP) is 4.10. The third kappa shape index (κ3) is 5.37. The molecule has 1 aromatic heterocycles. The second-order valence-corrected chi connectivity index (χ2v) is 6.46. The molecule has 1 aliphatic rings. The third-order valence-corrected chi connectivity index (χ3v) is 3.72. The lowest BCUT2D eigenvalue weighted by Gasteiger charge is -2.20. The van der Waals surface area contributed by atoms with E-state index < -0.39 is 41.2 Å². The lowest BCUT2D eigenvalue weighted by molar-refractivity contribution is -0.140. The Morgan fingerprint density at radius 3 is 2.50 bits per heavy atom. The molecule has 1 atom stereocenters. The number of aromatic nitrogens is 1. The van der Waals surface area contributed by atoms with Gasteiger partial charge >= 0.3 is 12.1 Å². The second kappa shape index (κ2) is 8.80. The molecule has 28 heavy (non-hydrogen) atoms. The number of rotatable bonds is 8. The first-order chi connectivity index (χ1) is 13.1. The molecule has 1 unspecified atom stereocenters. The van der Waals surface area contributed by atoms with E-state index in [1.165, 1.54) is 0 Å². The topological polar surface area (TPSA) is 73.3 Å². The highest BCUT2D eigenvalue weighted by atomic mass is 19.4. The molecule has 0 radical (unpaired) electrons. The van der Waals surface area contributed by atoms with Crippen LogP contribution in [-0.2, 0) is 26.8 Å². The number of hydrogen-bond acceptors (Lipinski definition) is 6. The van der Waals surface area contributed by atoms with Crippen molar-refractivity contribution in [3.8, 4) is 0 Å². The number of esters is 1. The Bertz CT molecular complexity index is 746. The summed E-state index contributed by atoms with van der Waals surface area (Å²) < 4.78 is 81.8. The van der Waals surface area contributed by atoms with Gasteiger partial charge in [0.15, 0.2) is 12.1 Å². The maximum atomic E-state index is 13.5. The maximum absolute atomic E-state index is 13.5. The number of hydrogen-bond donors (Lipinski definition) is 0. The van der Waals surface area contributed by atoms with Crippen molar-refractivity contribution in [3.63, 3.8) is 0 Å². The van der Waals surface area contributed by atoms with Crippen molar-refractivity contribution in [2.75, 3.05) is 20.3 Å². The van der Waals surface area contributed by atoms with Gasteiger partial charge in [0.05, 0.1) is 19.3 Å². The van der Waals surface area contributed by atoms with Crippen molar-refractivity contribution < 1.29 is 41.0 Å². The zero-order valence-electron chi connectivity index (χ0n) is 15.3. The molecular formula is C17H19F5N2O4. The lowest BCUT2D eigenvalue weighted by Crippen LogP contribution is -2.19. The summed E-state index contributed by atoms with van der Waals surface area (Å²) >= 11 is 0. The second-order valence-electron chi connectivity index (χ2n) is 6.46. The Morgan fingerprint density at radius 2 is 2.04 bits per heavy atom. The maximum Gasteiger partial charge on any atom is 0.435 e. The SMILES string of the molecule is COC(=O)c1c(C(F)F)nc(C(F)(F)F)c(/N=C/OCC2CO2)c1CC(C)C. The summed E-state index contributed by atoms with van der Waals surface area (Å²) in [4.78, 5) is 18.8. The molecule has 1 fully saturated rings. The first-order valence-electron chi connectivity index (χ1n) is 8.32. The fourth-order valence-corrected chi connectivity index (χ4v) is 2.48. The van der Waals surface area contributed by atoms with Gasteiger partial charge in [0.25, 0.3) is 6.43 Å². The Labute approximate surface area is 157 Å². The van der Waals surface area contributed by atoms with Gasteiger partial charge in [-0.3, -0.25) is 0 Å². The number of alkyl halides is 5. The molecule has 156 valence electrons. The molecule has 6 nitrogen and oxygen atoms in total. The van der Waals surface area contributed by atoms with Crippen LogP contribution in [0.1, 0.15) is 47.6 Å². The number of ether oxygens (including phenoxy) is 3. The fourth-order valence-electron chi connectivity index (χ4n) is 2.48. The van der Waals surface area contributed by atoms with Crippen LogP contribution in [0.3, 0.4) is 0 Å². The molecule has 2 heterocycles. The van der Waals surface area contributed by atoms with Crippen LogP contribution in [0.2, 0.25) is 0 Å². The van der Waals surface area contributed by atoms with Crippen LogP contribution in [0.4, 0.5) is 27.6 Å². The lowest BCUT2D eigenvalue weighted by atomic mass is 9.94. The van der Waals surface area contributed by atoms with Gasteiger partial charge in [-0.25, -0.2) is 23.6 Å². The van der Waals surface area contributed by atoms with Crippen LogP contribution >= 0.6 is 0 Å². The highest BCUT2D eigenvalue weighted by Gasteiger charge is 2.41. The van der Waals surface area contributed by atoms with Crippen molar-refractivity contribution in [2.24, 2.45) is 10.9 Å². The number of nitrogens with zero attached hydrogens (tertiary/aromatic N) is 2. The summed E-state index contributed by atoms with van der Waals surface area (Å²) in [7, 11) is 0.941. The number of methoxy groups -OCH3 is 1. The summed E-state index contributed by atoms with van der Waals surface area (Å²) in [5.41, 5.74) is -4.68. The van der Waals surface area contributed by atoms with E-state index in [2.05, 4.69) is 14.7 Å². The molecule has 0 aromatic carbocycles. The van der Waals surface area contributed by atoms with Gasteiger partial charge in [0, 0.05) is 0 Å². The first-order valence-corrected chi connectivity index (χ1v) is 8.32. The molecular weight excluding hydrogens is 391 g/mol. The highest BCUT2D eigenvalue weighted by molar-refractivity contribution is 5.94. The molecule has 0 amide bonds. The molecule has 0 aliphatic carbocycles. The molecule has 2 rings (SSSR count). The fraction of sp³-hybridized carbons (Fsp3) is 0.588. The number of carbonyl (C=O) groups is 1. The van der Waals surface area contributed by atoms with Crippen LogP contribution in [0, 0.1) is 5.92 Å². The summed E-state index contributed by atoms with van der Waals surface area (Å²) in [5.74, 6) is -1.48. The first kappa shape index (κ1) is 22.0. The Kier molecular flexibility index (Phi) is 6.91. The van der Waals surface area contributed by atoms with E-state index in [1.54, 1.807) is 13.8 Å². The molecule has 0 spiro atoms. The van der Waals surface area contributed by atoms with Crippen LogP contribution in [0.25, 0.3) is 0 Å². The minimum Gasteiger partial charge on any atom is -0.480 e. The summed E-state index contributed by atoms with van der Waals surface area (Å²) in [6, 6.07) is 0. The minimum atomic E-state index is -5.07. The van der Waals surface area contributed by atoms with Crippen molar-refractivity contribution in [1.82, 2.24) is 4.98 Å². The van der Waals surface area contributed by atoms with E-state index in [1.807, 2.05) is 0 Å². The van der Waals surface area contributed by atoms with E-state index in [9.17, 15) is 26.7 Å². The molecule has 1 aromatic rings. The van der Waals surface area contributed by atoms with Gasteiger partial charge in [-0.2, -0.15) is 13.2 Å². The van der Waals surface area contributed by atoms with E-state index in [-0.39, 0.29) is 30.6 Å². The van der Waals surface area contributed by atoms with Gasteiger partial charge in [0.2, 0.25) is 0 Å². The third-order valence-electron chi connectivity index (χ3n) is 3.72. The van der Waals surface area contributed by atoms with Crippen LogP contribution in [0.5, 0.6) is 0 Å². The molecule has 1 saturated heterocycles. The van der Waals surface area contributed by atoms with E-state index in [0.29, 0.717) is 6.61 Å². The van der Waals surface area contributed by atoms with Gasteiger partial charge in [-0.15, -0.1) is 0 Å². The van der Waals surface area contributed by atoms with E-state index in [4.69, 9.17) is 9.47 Å². The van der Waals surface area contributed by atoms with Gasteiger partial charge in [-0.1, -0.05) is 13.8 Å². The summed E-state index contributed by atoms with van der Waals surface area (Å²) in [6.07, 6.45) is -8.01. The summed E-state index contributed by atoms with van der Waals surface area (Å²) in [6.45, 7) is 3.87. The van der Waals surface area contributed by atoms with Crippen molar-refractivity contribution >= 4 is 18.1 Å². The molecule has 11 heteroatoms. The number of epoxide rings is 1. The molecule has 1 aliphatic heterocycles. The largest absolute Gasteiger partial charge is 0.480 e. The van der Waals surface area contributed by atoms with Crippen LogP contribution < -0.4 is 0 Å². The average Bonchev–Trinajstić information content (AvgIpc) is 3.40. The normalized spacial score (nSPS) is 16.9. The van der Waals surface area contributed by atoms with Gasteiger partial charge in [-0.05, 0) is 17.9 Å². The van der Waals surface area contributed by atoms with Crippen molar-refractivity contribution in [3.05, 3.63) is 22.5 Å². The molecule has 0 saturated carbocycles.